The number of methoxy groups -OCH3 is 1. The van der Waals surface area contributed by atoms with Crippen molar-refractivity contribution in [1.82, 2.24) is 4.98 Å². The fraction of sp³-hybridized carbons (Fsp3) is 0.111. The lowest BCUT2D eigenvalue weighted by molar-refractivity contribution is -0.134. The maximum Gasteiger partial charge on any atom is 0.330 e. The van der Waals surface area contributed by atoms with Gasteiger partial charge >= 0.3 is 5.97 Å². The van der Waals surface area contributed by atoms with E-state index >= 15 is 0 Å². The third-order valence-corrected chi connectivity index (χ3v) is 1.65. The fourth-order valence-electron chi connectivity index (χ4n) is 0.862. The first-order chi connectivity index (χ1) is 6.65. The monoisotopic (exact) mass is 193 g/mol. The molecule has 5 nitrogen and oxygen atoms in total. The van der Waals surface area contributed by atoms with Gasteiger partial charge in [-0.2, -0.15) is 0 Å². The number of pyridine rings is 1. The molecule has 0 aromatic carbocycles. The molecule has 14 heavy (non-hydrogen) atoms. The van der Waals surface area contributed by atoms with Crippen molar-refractivity contribution in [3.63, 3.8) is 0 Å². The van der Waals surface area contributed by atoms with Gasteiger partial charge in [0, 0.05) is 17.8 Å². The SMILES string of the molecule is COC(=O)C=Cc1cncc(N)c1N. The van der Waals surface area contributed by atoms with Crippen LogP contribution in [-0.4, -0.2) is 18.1 Å². The lowest BCUT2D eigenvalue weighted by Crippen LogP contribution is -1.99. The van der Waals surface area contributed by atoms with E-state index in [1.165, 1.54) is 31.7 Å². The molecule has 1 rings (SSSR count). The number of aromatic nitrogens is 1. The normalized spacial score (nSPS) is 10.4. The third kappa shape index (κ3) is 2.22. The second kappa shape index (κ2) is 4.27. The Balaban J connectivity index is 2.92. The molecule has 1 aromatic heterocycles. The summed E-state index contributed by atoms with van der Waals surface area (Å²) in [5.74, 6) is -0.452. The summed E-state index contributed by atoms with van der Waals surface area (Å²) in [7, 11) is 1.30. The molecule has 0 bridgehead atoms. The quantitative estimate of drug-likeness (QED) is 0.525. The number of nitrogens with two attached hydrogens (primary N) is 2. The van der Waals surface area contributed by atoms with Crippen molar-refractivity contribution in [2.24, 2.45) is 0 Å². The predicted octanol–water partition coefficient (Wildman–Crippen LogP) is 0.432. The Morgan fingerprint density at radius 2 is 2.21 bits per heavy atom. The minimum absolute atomic E-state index is 0.386. The second-order valence-electron chi connectivity index (χ2n) is 2.59. The van der Waals surface area contributed by atoms with Crippen LogP contribution >= 0.6 is 0 Å². The van der Waals surface area contributed by atoms with Gasteiger partial charge in [0.05, 0.1) is 24.7 Å². The highest BCUT2D eigenvalue weighted by atomic mass is 16.5. The summed E-state index contributed by atoms with van der Waals surface area (Å²) in [5.41, 5.74) is 12.5. The molecule has 1 heterocycles. The highest BCUT2D eigenvalue weighted by Crippen LogP contribution is 2.18. The first-order valence-electron chi connectivity index (χ1n) is 3.90. The number of ether oxygens (including phenoxy) is 1. The number of esters is 1. The summed E-state index contributed by atoms with van der Waals surface area (Å²) in [5, 5.41) is 0. The Bertz CT molecular complexity index is 374. The highest BCUT2D eigenvalue weighted by Gasteiger charge is 2.00. The largest absolute Gasteiger partial charge is 0.466 e. The van der Waals surface area contributed by atoms with Crippen LogP contribution in [0.25, 0.3) is 6.08 Å². The average molecular weight is 193 g/mol. The van der Waals surface area contributed by atoms with Gasteiger partial charge in [0.1, 0.15) is 0 Å². The summed E-state index contributed by atoms with van der Waals surface area (Å²) in [6.45, 7) is 0. The summed E-state index contributed by atoms with van der Waals surface area (Å²) < 4.78 is 4.42. The zero-order valence-corrected chi connectivity index (χ0v) is 7.73. The van der Waals surface area contributed by atoms with E-state index in [9.17, 15) is 4.79 Å². The molecule has 0 aliphatic carbocycles. The number of nitrogen functional groups attached to an aromatic ring is 2. The highest BCUT2D eigenvalue weighted by molar-refractivity contribution is 5.89. The number of rotatable bonds is 2. The molecular formula is C9H11N3O2. The second-order valence-corrected chi connectivity index (χ2v) is 2.59. The number of carbonyl (C=O) groups is 1. The van der Waals surface area contributed by atoms with Crippen LogP contribution in [0.2, 0.25) is 0 Å². The fourth-order valence-corrected chi connectivity index (χ4v) is 0.862. The van der Waals surface area contributed by atoms with Gasteiger partial charge in [0.25, 0.3) is 0 Å². The van der Waals surface area contributed by atoms with Gasteiger partial charge in [0.15, 0.2) is 0 Å². The van der Waals surface area contributed by atoms with Crippen LogP contribution in [0.3, 0.4) is 0 Å². The molecule has 5 heteroatoms. The lowest BCUT2D eigenvalue weighted by atomic mass is 10.2. The topological polar surface area (TPSA) is 91.2 Å². The van der Waals surface area contributed by atoms with Crippen molar-refractivity contribution in [1.29, 1.82) is 0 Å². The molecule has 1 aromatic rings. The minimum Gasteiger partial charge on any atom is -0.466 e. The van der Waals surface area contributed by atoms with Crippen molar-refractivity contribution in [2.75, 3.05) is 18.6 Å². The van der Waals surface area contributed by atoms with Crippen molar-refractivity contribution >= 4 is 23.4 Å². The Labute approximate surface area is 81.4 Å². The smallest absolute Gasteiger partial charge is 0.330 e. The molecule has 0 aliphatic heterocycles. The molecule has 4 N–H and O–H groups in total. The molecule has 0 saturated heterocycles. The van der Waals surface area contributed by atoms with Crippen LogP contribution in [-0.2, 0) is 9.53 Å². The maximum atomic E-state index is 10.8. The van der Waals surface area contributed by atoms with Crippen LogP contribution in [0.5, 0.6) is 0 Å². The van der Waals surface area contributed by atoms with Gasteiger partial charge in [-0.25, -0.2) is 4.79 Å². The van der Waals surface area contributed by atoms with Crippen LogP contribution in [0.1, 0.15) is 5.56 Å². The molecule has 0 spiro atoms. The number of hydrogen-bond acceptors (Lipinski definition) is 5. The predicted molar refractivity (Wildman–Crippen MR) is 54.1 cm³/mol. The number of carbonyl (C=O) groups excluding carboxylic acids is 1. The number of anilines is 2. The Morgan fingerprint density at radius 1 is 1.50 bits per heavy atom. The lowest BCUT2D eigenvalue weighted by Gasteiger charge is -2.01. The molecule has 0 radical (unpaired) electrons. The van der Waals surface area contributed by atoms with Gasteiger partial charge in [-0.3, -0.25) is 4.98 Å². The molecular weight excluding hydrogens is 182 g/mol. The first kappa shape index (κ1) is 10.0. The molecule has 0 saturated carbocycles. The summed E-state index contributed by atoms with van der Waals surface area (Å²) in [6, 6.07) is 0. The van der Waals surface area contributed by atoms with E-state index in [4.69, 9.17) is 11.5 Å². The number of nitrogens with zero attached hydrogens (tertiary/aromatic N) is 1. The maximum absolute atomic E-state index is 10.8. The van der Waals surface area contributed by atoms with Crippen LogP contribution in [0, 0.1) is 0 Å². The molecule has 74 valence electrons. The first-order valence-corrected chi connectivity index (χ1v) is 3.90. The van der Waals surface area contributed by atoms with E-state index in [1.807, 2.05) is 0 Å². The van der Waals surface area contributed by atoms with Crippen LogP contribution < -0.4 is 11.5 Å². The third-order valence-electron chi connectivity index (χ3n) is 1.65. The van der Waals surface area contributed by atoms with Crippen molar-refractivity contribution in [2.45, 2.75) is 0 Å². The van der Waals surface area contributed by atoms with Gasteiger partial charge in [-0.15, -0.1) is 0 Å². The van der Waals surface area contributed by atoms with E-state index in [0.717, 1.165) is 0 Å². The van der Waals surface area contributed by atoms with E-state index < -0.39 is 5.97 Å². The van der Waals surface area contributed by atoms with E-state index in [2.05, 4.69) is 9.72 Å². The summed E-state index contributed by atoms with van der Waals surface area (Å²) in [6.07, 6.45) is 5.73. The zero-order chi connectivity index (χ0) is 10.6. The molecule has 0 aliphatic rings. The van der Waals surface area contributed by atoms with E-state index in [0.29, 0.717) is 16.9 Å². The standard InChI is InChI=1S/C9H11N3O2/c1-14-8(13)3-2-6-4-12-5-7(10)9(6)11/h2-5H,10H2,1H3,(H2,11,12). The van der Waals surface area contributed by atoms with Crippen molar-refractivity contribution in [3.8, 4) is 0 Å². The molecule has 0 atom stereocenters. The Hall–Kier alpha value is -2.04. The van der Waals surface area contributed by atoms with Gasteiger partial charge < -0.3 is 16.2 Å². The zero-order valence-electron chi connectivity index (χ0n) is 7.73. The minimum atomic E-state index is -0.452. The van der Waals surface area contributed by atoms with Gasteiger partial charge in [-0.1, -0.05) is 0 Å². The molecule has 0 unspecified atom stereocenters. The van der Waals surface area contributed by atoms with Crippen LogP contribution in [0.4, 0.5) is 11.4 Å². The Morgan fingerprint density at radius 3 is 2.86 bits per heavy atom. The van der Waals surface area contributed by atoms with E-state index in [1.54, 1.807) is 0 Å². The van der Waals surface area contributed by atoms with Gasteiger partial charge in [-0.05, 0) is 6.08 Å². The summed E-state index contributed by atoms with van der Waals surface area (Å²) >= 11 is 0. The van der Waals surface area contributed by atoms with Crippen molar-refractivity contribution < 1.29 is 9.53 Å². The average Bonchev–Trinajstić information content (AvgIpc) is 2.20. The molecule has 0 fully saturated rings. The number of hydrogen-bond donors (Lipinski definition) is 2. The Kier molecular flexibility index (Phi) is 3.06. The van der Waals surface area contributed by atoms with Gasteiger partial charge in [0.2, 0.25) is 0 Å². The summed E-state index contributed by atoms with van der Waals surface area (Å²) in [4.78, 5) is 14.6. The van der Waals surface area contributed by atoms with Crippen LogP contribution in [0.15, 0.2) is 18.5 Å². The van der Waals surface area contributed by atoms with Crippen molar-refractivity contribution in [3.05, 3.63) is 24.0 Å². The van der Waals surface area contributed by atoms with E-state index in [-0.39, 0.29) is 0 Å². The molecule has 0 amide bonds.